The lowest BCUT2D eigenvalue weighted by Gasteiger charge is -2.11. The quantitative estimate of drug-likeness (QED) is 0.887. The second kappa shape index (κ2) is 5.46. The molecule has 0 aliphatic heterocycles. The second-order valence-corrected chi connectivity index (χ2v) is 3.66. The van der Waals surface area contributed by atoms with Gasteiger partial charge in [0, 0.05) is 6.07 Å². The van der Waals surface area contributed by atoms with Crippen molar-refractivity contribution in [3.8, 4) is 11.6 Å². The summed E-state index contributed by atoms with van der Waals surface area (Å²) in [5, 5.41) is 10.2. The highest BCUT2D eigenvalue weighted by Crippen LogP contribution is 2.23. The van der Waals surface area contributed by atoms with Crippen LogP contribution in [0.3, 0.4) is 0 Å². The molecule has 0 spiro atoms. The van der Waals surface area contributed by atoms with Crippen LogP contribution in [0.1, 0.15) is 17.4 Å². The summed E-state index contributed by atoms with van der Waals surface area (Å²) in [5.74, 6) is 1.17. The van der Waals surface area contributed by atoms with Crippen LogP contribution in [-0.2, 0) is 0 Å². The van der Waals surface area contributed by atoms with Crippen molar-refractivity contribution in [3.05, 3.63) is 47.9 Å². The van der Waals surface area contributed by atoms with Gasteiger partial charge in [-0.15, -0.1) is 0 Å². The molecule has 0 fully saturated rings. The molecule has 5 nitrogen and oxygen atoms in total. The van der Waals surface area contributed by atoms with E-state index in [2.05, 4.69) is 9.97 Å². The molecule has 2 rings (SSSR count). The summed E-state index contributed by atoms with van der Waals surface area (Å²) in [6.07, 6.45) is 0.550. The Balaban J connectivity index is 2.25. The van der Waals surface area contributed by atoms with E-state index in [4.69, 9.17) is 9.47 Å². The molecule has 1 aromatic heterocycles. The van der Waals surface area contributed by atoms with Gasteiger partial charge in [0.05, 0.1) is 19.9 Å². The Morgan fingerprint density at radius 2 is 1.78 bits per heavy atom. The lowest BCUT2D eigenvalue weighted by Crippen LogP contribution is -2.03. The standard InChI is InChI=1S/C13H14N2O3/c1-17-10-5-3-9(4-6-10)13(16)11-7-12(18-2)15-8-14-11/h3-8,13,16H,1-2H3. The lowest BCUT2D eigenvalue weighted by atomic mass is 10.1. The van der Waals surface area contributed by atoms with Crippen LogP contribution < -0.4 is 9.47 Å². The number of ether oxygens (including phenoxy) is 2. The fourth-order valence-electron chi connectivity index (χ4n) is 1.57. The van der Waals surface area contributed by atoms with Gasteiger partial charge in [-0.1, -0.05) is 12.1 Å². The minimum atomic E-state index is -0.812. The highest BCUT2D eigenvalue weighted by molar-refractivity contribution is 5.32. The largest absolute Gasteiger partial charge is 0.497 e. The van der Waals surface area contributed by atoms with Crippen LogP contribution in [0.4, 0.5) is 0 Å². The molecule has 0 saturated carbocycles. The normalized spacial score (nSPS) is 11.9. The summed E-state index contributed by atoms with van der Waals surface area (Å²) in [6.45, 7) is 0. The Morgan fingerprint density at radius 1 is 1.06 bits per heavy atom. The number of hydrogen-bond donors (Lipinski definition) is 1. The van der Waals surface area contributed by atoms with Crippen LogP contribution in [0.5, 0.6) is 11.6 Å². The van der Waals surface area contributed by atoms with Gasteiger partial charge in [-0.2, -0.15) is 0 Å². The van der Waals surface area contributed by atoms with Crippen LogP contribution >= 0.6 is 0 Å². The van der Waals surface area contributed by atoms with Gasteiger partial charge in [0.1, 0.15) is 18.2 Å². The SMILES string of the molecule is COc1ccc(C(O)c2cc(OC)ncn2)cc1. The summed E-state index contributed by atoms with van der Waals surface area (Å²) >= 11 is 0. The maximum Gasteiger partial charge on any atom is 0.216 e. The van der Waals surface area contributed by atoms with Gasteiger partial charge in [-0.05, 0) is 17.7 Å². The molecule has 0 saturated heterocycles. The molecule has 0 bridgehead atoms. The molecule has 1 heterocycles. The molecule has 5 heteroatoms. The van der Waals surface area contributed by atoms with Crippen molar-refractivity contribution in [2.24, 2.45) is 0 Å². The third-order valence-electron chi connectivity index (χ3n) is 2.58. The third kappa shape index (κ3) is 2.57. The molecule has 0 aliphatic carbocycles. The van der Waals surface area contributed by atoms with Crippen molar-refractivity contribution in [2.45, 2.75) is 6.10 Å². The summed E-state index contributed by atoms with van der Waals surface area (Å²) in [4.78, 5) is 7.93. The number of methoxy groups -OCH3 is 2. The number of aromatic nitrogens is 2. The Labute approximate surface area is 105 Å². The van der Waals surface area contributed by atoms with Gasteiger partial charge in [0.15, 0.2) is 0 Å². The molecule has 1 atom stereocenters. The predicted molar refractivity (Wildman–Crippen MR) is 65.6 cm³/mol. The van der Waals surface area contributed by atoms with E-state index in [-0.39, 0.29) is 0 Å². The predicted octanol–water partition coefficient (Wildman–Crippen LogP) is 1.58. The van der Waals surface area contributed by atoms with Crippen LogP contribution in [0.2, 0.25) is 0 Å². The zero-order valence-corrected chi connectivity index (χ0v) is 10.2. The molecular formula is C13H14N2O3. The van der Waals surface area contributed by atoms with Gasteiger partial charge in [0.25, 0.3) is 0 Å². The molecule has 2 aromatic rings. The van der Waals surface area contributed by atoms with E-state index in [9.17, 15) is 5.11 Å². The monoisotopic (exact) mass is 246 g/mol. The molecule has 18 heavy (non-hydrogen) atoms. The van der Waals surface area contributed by atoms with E-state index in [0.717, 1.165) is 11.3 Å². The molecule has 0 amide bonds. The van der Waals surface area contributed by atoms with Gasteiger partial charge < -0.3 is 14.6 Å². The summed E-state index contributed by atoms with van der Waals surface area (Å²) in [7, 11) is 3.12. The first-order valence-electron chi connectivity index (χ1n) is 5.42. The smallest absolute Gasteiger partial charge is 0.216 e. The highest BCUT2D eigenvalue weighted by Gasteiger charge is 2.13. The average molecular weight is 246 g/mol. The maximum absolute atomic E-state index is 10.2. The van der Waals surface area contributed by atoms with Crippen LogP contribution in [0, 0.1) is 0 Å². The first-order chi connectivity index (χ1) is 8.74. The van der Waals surface area contributed by atoms with Crippen molar-refractivity contribution in [1.82, 2.24) is 9.97 Å². The van der Waals surface area contributed by atoms with E-state index >= 15 is 0 Å². The van der Waals surface area contributed by atoms with E-state index in [0.29, 0.717) is 11.6 Å². The number of aliphatic hydroxyl groups excluding tert-OH is 1. The molecule has 1 N–H and O–H groups in total. The average Bonchev–Trinajstić information content (AvgIpc) is 2.46. The fraction of sp³-hybridized carbons (Fsp3) is 0.231. The minimum Gasteiger partial charge on any atom is -0.497 e. The molecule has 1 unspecified atom stereocenters. The van der Waals surface area contributed by atoms with Crippen molar-refractivity contribution in [2.75, 3.05) is 14.2 Å². The summed E-state index contributed by atoms with van der Waals surface area (Å²) in [5.41, 5.74) is 1.23. The van der Waals surface area contributed by atoms with Gasteiger partial charge in [-0.3, -0.25) is 0 Å². The highest BCUT2D eigenvalue weighted by atomic mass is 16.5. The van der Waals surface area contributed by atoms with E-state index in [1.165, 1.54) is 13.4 Å². The van der Waals surface area contributed by atoms with Crippen LogP contribution in [0.25, 0.3) is 0 Å². The Kier molecular flexibility index (Phi) is 3.74. The third-order valence-corrected chi connectivity index (χ3v) is 2.58. The Morgan fingerprint density at radius 3 is 2.39 bits per heavy atom. The van der Waals surface area contributed by atoms with Gasteiger partial charge in [0.2, 0.25) is 5.88 Å². The Bertz CT molecular complexity index is 514. The zero-order valence-electron chi connectivity index (χ0n) is 10.2. The number of rotatable bonds is 4. The van der Waals surface area contributed by atoms with Crippen LogP contribution in [0.15, 0.2) is 36.7 Å². The Hall–Kier alpha value is -2.14. The first kappa shape index (κ1) is 12.3. The van der Waals surface area contributed by atoms with Crippen LogP contribution in [-0.4, -0.2) is 29.3 Å². The summed E-state index contributed by atoms with van der Waals surface area (Å²) < 4.78 is 10.1. The molecule has 0 radical (unpaired) electrons. The van der Waals surface area contributed by atoms with E-state index < -0.39 is 6.10 Å². The van der Waals surface area contributed by atoms with Gasteiger partial charge in [-0.25, -0.2) is 9.97 Å². The van der Waals surface area contributed by atoms with Crippen molar-refractivity contribution in [3.63, 3.8) is 0 Å². The van der Waals surface area contributed by atoms with Crippen molar-refractivity contribution in [1.29, 1.82) is 0 Å². The topological polar surface area (TPSA) is 64.5 Å². The van der Waals surface area contributed by atoms with E-state index in [1.54, 1.807) is 37.4 Å². The lowest BCUT2D eigenvalue weighted by molar-refractivity contribution is 0.214. The molecule has 0 aliphatic rings. The summed E-state index contributed by atoms with van der Waals surface area (Å²) in [6, 6.07) is 8.76. The molecule has 1 aromatic carbocycles. The number of hydrogen-bond acceptors (Lipinski definition) is 5. The number of nitrogens with zero attached hydrogens (tertiary/aromatic N) is 2. The van der Waals surface area contributed by atoms with Crippen molar-refractivity contribution >= 4 is 0 Å². The second-order valence-electron chi connectivity index (χ2n) is 3.66. The molecular weight excluding hydrogens is 232 g/mol. The number of aliphatic hydroxyl groups is 1. The van der Waals surface area contributed by atoms with Crippen molar-refractivity contribution < 1.29 is 14.6 Å². The molecule has 94 valence electrons. The fourth-order valence-corrected chi connectivity index (χ4v) is 1.57. The number of benzene rings is 1. The van der Waals surface area contributed by atoms with E-state index in [1.807, 2.05) is 0 Å². The first-order valence-corrected chi connectivity index (χ1v) is 5.42. The maximum atomic E-state index is 10.2. The zero-order chi connectivity index (χ0) is 13.0. The van der Waals surface area contributed by atoms with Gasteiger partial charge >= 0.3 is 0 Å². The minimum absolute atomic E-state index is 0.424.